The lowest BCUT2D eigenvalue weighted by Crippen LogP contribution is -2.26. The number of carbonyl (C=O) groups excluding carboxylic acids is 2. The number of aryl methyl sites for hydroxylation is 1. The quantitative estimate of drug-likeness (QED) is 0.404. The Balaban J connectivity index is 0.00000133. The molecule has 0 saturated heterocycles. The predicted molar refractivity (Wildman–Crippen MR) is 134 cm³/mol. The van der Waals surface area contributed by atoms with Gasteiger partial charge in [0, 0.05) is 41.0 Å². The van der Waals surface area contributed by atoms with Crippen molar-refractivity contribution in [1.29, 1.82) is 0 Å². The van der Waals surface area contributed by atoms with E-state index in [-0.39, 0.29) is 27.8 Å². The molecule has 34 heavy (non-hydrogen) atoms. The maximum Gasteiger partial charge on any atom is 0.254 e. The Morgan fingerprint density at radius 1 is 0.824 bits per heavy atom. The number of para-hydroxylation sites is 1. The summed E-state index contributed by atoms with van der Waals surface area (Å²) in [6.45, 7) is 4.26. The Labute approximate surface area is 194 Å². The molecule has 0 unspecified atom stereocenters. The van der Waals surface area contributed by atoms with Gasteiger partial charge in [0.1, 0.15) is 17.8 Å². The fourth-order valence-electron chi connectivity index (χ4n) is 4.15. The summed E-state index contributed by atoms with van der Waals surface area (Å²) in [5.41, 5.74) is 3.67. The van der Waals surface area contributed by atoms with Gasteiger partial charge < -0.3 is 19.7 Å². The first-order chi connectivity index (χ1) is 16.4. The van der Waals surface area contributed by atoms with Gasteiger partial charge in [0.2, 0.25) is 10.9 Å². The van der Waals surface area contributed by atoms with E-state index in [4.69, 9.17) is 4.79 Å². The van der Waals surface area contributed by atoms with Crippen LogP contribution in [-0.2, 0) is 11.3 Å². The van der Waals surface area contributed by atoms with E-state index in [9.17, 15) is 14.4 Å². The molecule has 0 fully saturated rings. The third-order valence-electron chi connectivity index (χ3n) is 5.87. The van der Waals surface area contributed by atoms with E-state index in [1.54, 1.807) is 42.3 Å². The molecular weight excluding hydrogens is 430 g/mol. The molecular formula is C27H23N3O4. The van der Waals surface area contributed by atoms with Crippen LogP contribution >= 0.6 is 0 Å². The molecule has 1 amide bonds. The molecule has 2 heterocycles. The summed E-state index contributed by atoms with van der Waals surface area (Å²) in [6.07, 6.45) is 0. The summed E-state index contributed by atoms with van der Waals surface area (Å²) in [5.74, 6) is -0.0774. The van der Waals surface area contributed by atoms with Crippen molar-refractivity contribution in [1.82, 2.24) is 14.9 Å². The maximum absolute atomic E-state index is 13.3. The molecule has 3 aromatic carbocycles. The highest BCUT2D eigenvalue weighted by molar-refractivity contribution is 5.97. The molecule has 5 aromatic rings. The monoisotopic (exact) mass is 453 g/mol. The van der Waals surface area contributed by atoms with Crippen LogP contribution in [0.1, 0.15) is 21.5 Å². The number of H-pyrrole nitrogens is 2. The van der Waals surface area contributed by atoms with Gasteiger partial charge in [-0.05, 0) is 48.4 Å². The van der Waals surface area contributed by atoms with Crippen LogP contribution in [0.25, 0.3) is 32.8 Å². The summed E-state index contributed by atoms with van der Waals surface area (Å²) in [4.78, 5) is 54.9. The normalized spacial score (nSPS) is 10.8. The molecule has 7 nitrogen and oxygen atoms in total. The lowest BCUT2D eigenvalue weighted by Gasteiger charge is -2.19. The molecule has 7 heteroatoms. The Kier molecular flexibility index (Phi) is 6.10. The lowest BCUT2D eigenvalue weighted by atomic mass is 10.1. The average molecular weight is 453 g/mol. The van der Waals surface area contributed by atoms with Gasteiger partial charge in [-0.2, -0.15) is 0 Å². The Morgan fingerprint density at radius 2 is 1.41 bits per heavy atom. The second kappa shape index (κ2) is 9.15. The fourth-order valence-corrected chi connectivity index (χ4v) is 4.15. The topological polar surface area (TPSA) is 103 Å². The zero-order chi connectivity index (χ0) is 24.4. The van der Waals surface area contributed by atoms with Gasteiger partial charge in [-0.1, -0.05) is 36.4 Å². The van der Waals surface area contributed by atoms with Crippen LogP contribution in [0.5, 0.6) is 0 Å². The molecule has 0 aliphatic heterocycles. The van der Waals surface area contributed by atoms with Gasteiger partial charge >= 0.3 is 0 Å². The van der Waals surface area contributed by atoms with E-state index in [0.29, 0.717) is 33.9 Å². The summed E-state index contributed by atoms with van der Waals surface area (Å²) >= 11 is 0. The third kappa shape index (κ3) is 3.88. The molecule has 0 bridgehead atoms. The van der Waals surface area contributed by atoms with Crippen LogP contribution < -0.4 is 10.9 Å². The minimum absolute atomic E-state index is 0.0774. The number of fused-ring (bicyclic) bond motifs is 3. The number of hydrogen-bond acceptors (Lipinski definition) is 4. The van der Waals surface area contributed by atoms with E-state index in [2.05, 4.69) is 9.97 Å². The standard InChI is InChI=1S/C26H21N3O3.CH2O/c1-15-7-3-4-8-17(15)26(32)29(2)14-16-11-12-21-19(13-16)25(31)23-22(28-21)24(30)18-9-5-6-10-20(18)27-23;1-2/h3-13H,14H2,1-2H3,(H,27,30)(H,28,31);1H2. The molecule has 0 atom stereocenters. The van der Waals surface area contributed by atoms with E-state index in [0.717, 1.165) is 11.1 Å². The smallest absolute Gasteiger partial charge is 0.254 e. The van der Waals surface area contributed by atoms with E-state index in [1.807, 2.05) is 50.1 Å². The maximum atomic E-state index is 13.3. The second-order valence-electron chi connectivity index (χ2n) is 8.06. The first-order valence-electron chi connectivity index (χ1n) is 10.6. The first-order valence-corrected chi connectivity index (χ1v) is 10.6. The molecule has 0 radical (unpaired) electrons. The number of aromatic nitrogens is 2. The number of carbonyl (C=O) groups is 2. The minimum atomic E-state index is -0.244. The molecule has 0 aliphatic carbocycles. The Morgan fingerprint density at radius 3 is 2.12 bits per heavy atom. The zero-order valence-electron chi connectivity index (χ0n) is 18.8. The van der Waals surface area contributed by atoms with Crippen molar-refractivity contribution in [3.63, 3.8) is 0 Å². The largest absolute Gasteiger partial charge is 0.350 e. The SMILES string of the molecule is C=O.Cc1ccccc1C(=O)N(C)Cc1ccc2[nH]c3c(=O)c4ccccc4[nH]c3c(=O)c2c1. The van der Waals surface area contributed by atoms with Gasteiger partial charge in [0.25, 0.3) is 5.91 Å². The van der Waals surface area contributed by atoms with Gasteiger partial charge in [0.15, 0.2) is 0 Å². The van der Waals surface area contributed by atoms with Gasteiger partial charge in [0.05, 0.1) is 0 Å². The highest BCUT2D eigenvalue weighted by Gasteiger charge is 2.16. The summed E-state index contributed by atoms with van der Waals surface area (Å²) in [5, 5.41) is 1.00. The first kappa shape index (κ1) is 22.7. The van der Waals surface area contributed by atoms with Gasteiger partial charge in [-0.3, -0.25) is 14.4 Å². The van der Waals surface area contributed by atoms with Crippen LogP contribution in [0, 0.1) is 6.92 Å². The number of nitrogens with one attached hydrogen (secondary N) is 2. The van der Waals surface area contributed by atoms with Crippen molar-refractivity contribution in [3.05, 3.63) is 104 Å². The molecule has 170 valence electrons. The van der Waals surface area contributed by atoms with Crippen molar-refractivity contribution in [2.45, 2.75) is 13.5 Å². The molecule has 0 aliphatic rings. The van der Waals surface area contributed by atoms with Gasteiger partial charge in [-0.15, -0.1) is 0 Å². The highest BCUT2D eigenvalue weighted by atomic mass is 16.2. The van der Waals surface area contributed by atoms with Crippen LogP contribution in [0.4, 0.5) is 0 Å². The predicted octanol–water partition coefficient (Wildman–Crippen LogP) is 3.92. The van der Waals surface area contributed by atoms with Gasteiger partial charge in [-0.25, -0.2) is 0 Å². The van der Waals surface area contributed by atoms with Crippen LogP contribution in [0.2, 0.25) is 0 Å². The number of nitrogens with zero attached hydrogens (tertiary/aromatic N) is 1. The average Bonchev–Trinajstić information content (AvgIpc) is 2.86. The molecule has 2 aromatic heterocycles. The van der Waals surface area contributed by atoms with E-state index >= 15 is 0 Å². The van der Waals surface area contributed by atoms with Crippen LogP contribution in [-0.4, -0.2) is 34.6 Å². The number of benzene rings is 3. The fraction of sp³-hybridized carbons (Fsp3) is 0.111. The van der Waals surface area contributed by atoms with Crippen molar-refractivity contribution in [3.8, 4) is 0 Å². The number of pyridine rings is 2. The van der Waals surface area contributed by atoms with E-state index in [1.165, 1.54) is 0 Å². The summed E-state index contributed by atoms with van der Waals surface area (Å²) in [6, 6.07) is 20.0. The number of hydrogen-bond donors (Lipinski definition) is 2. The highest BCUT2D eigenvalue weighted by Crippen LogP contribution is 2.18. The second-order valence-corrected chi connectivity index (χ2v) is 8.06. The van der Waals surface area contributed by atoms with Crippen molar-refractivity contribution in [2.24, 2.45) is 0 Å². The van der Waals surface area contributed by atoms with E-state index < -0.39 is 0 Å². The number of aromatic amines is 2. The zero-order valence-corrected chi connectivity index (χ0v) is 18.8. The van der Waals surface area contributed by atoms with Crippen molar-refractivity contribution >= 4 is 45.5 Å². The minimum Gasteiger partial charge on any atom is -0.350 e. The van der Waals surface area contributed by atoms with Crippen molar-refractivity contribution in [2.75, 3.05) is 7.05 Å². The molecule has 2 N–H and O–H groups in total. The Hall–Kier alpha value is -4.52. The number of amides is 1. The summed E-state index contributed by atoms with van der Waals surface area (Å²) < 4.78 is 0. The summed E-state index contributed by atoms with van der Waals surface area (Å²) in [7, 11) is 1.74. The lowest BCUT2D eigenvalue weighted by molar-refractivity contribution is -0.0980. The van der Waals surface area contributed by atoms with Crippen LogP contribution in [0.3, 0.4) is 0 Å². The molecule has 0 spiro atoms. The number of rotatable bonds is 3. The third-order valence-corrected chi connectivity index (χ3v) is 5.87. The van der Waals surface area contributed by atoms with Crippen LogP contribution in [0.15, 0.2) is 76.3 Å². The Bertz CT molecular complexity index is 1670. The molecule has 0 saturated carbocycles. The van der Waals surface area contributed by atoms with Crippen molar-refractivity contribution < 1.29 is 9.59 Å². The molecule has 5 rings (SSSR count).